The normalized spacial score (nSPS) is 48.2. The van der Waals surface area contributed by atoms with Crippen molar-refractivity contribution in [2.45, 2.75) is 119 Å². The van der Waals surface area contributed by atoms with E-state index in [4.69, 9.17) is 0 Å². The third-order valence-corrected chi connectivity index (χ3v) is 11.7. The average molecular weight is 443 g/mol. The molecule has 0 aromatic carbocycles. The number of rotatable bonds is 4. The summed E-state index contributed by atoms with van der Waals surface area (Å²) in [5.41, 5.74) is 3.60. The van der Waals surface area contributed by atoms with Gasteiger partial charge in [0.2, 0.25) is 0 Å². The monoisotopic (exact) mass is 442 g/mol. The predicted molar refractivity (Wildman–Crippen MR) is 134 cm³/mol. The van der Waals surface area contributed by atoms with Gasteiger partial charge in [0, 0.05) is 0 Å². The van der Waals surface area contributed by atoms with Gasteiger partial charge in [0.15, 0.2) is 0 Å². The third-order valence-electron chi connectivity index (χ3n) is 11.7. The molecule has 9 unspecified atom stereocenters. The summed E-state index contributed by atoms with van der Waals surface area (Å²) in [7, 11) is 0. The highest BCUT2D eigenvalue weighted by Crippen LogP contribution is 2.73. The van der Waals surface area contributed by atoms with Gasteiger partial charge in [0.1, 0.15) is 0 Å². The summed E-state index contributed by atoms with van der Waals surface area (Å²) in [6, 6.07) is 0. The fourth-order valence-electron chi connectivity index (χ4n) is 9.63. The first-order valence-electron chi connectivity index (χ1n) is 13.5. The lowest BCUT2D eigenvalue weighted by atomic mass is 9.41. The maximum Gasteiger partial charge on any atom is 0.0594 e. The van der Waals surface area contributed by atoms with Gasteiger partial charge in [-0.2, -0.15) is 0 Å². The van der Waals surface area contributed by atoms with Crippen molar-refractivity contribution in [1.29, 1.82) is 0 Å². The van der Waals surface area contributed by atoms with Crippen molar-refractivity contribution in [3.63, 3.8) is 0 Å². The summed E-state index contributed by atoms with van der Waals surface area (Å²) in [4.78, 5) is 0. The lowest BCUT2D eigenvalue weighted by Crippen LogP contribution is -2.58. The zero-order valence-electron chi connectivity index (χ0n) is 22.2. The second-order valence-electron chi connectivity index (χ2n) is 13.8. The average Bonchev–Trinajstić information content (AvgIpc) is 2.90. The number of aliphatic hydroxyl groups excluding tert-OH is 2. The Morgan fingerprint density at radius 2 is 1.78 bits per heavy atom. The molecule has 0 aromatic heterocycles. The molecule has 182 valence electrons. The van der Waals surface area contributed by atoms with E-state index in [0.29, 0.717) is 23.7 Å². The molecule has 9 atom stereocenters. The van der Waals surface area contributed by atoms with E-state index in [1.165, 1.54) is 24.8 Å². The van der Waals surface area contributed by atoms with Gasteiger partial charge in [-0.1, -0.05) is 64.8 Å². The molecule has 0 heterocycles. The molecule has 0 aliphatic heterocycles. The van der Waals surface area contributed by atoms with Gasteiger partial charge >= 0.3 is 0 Å². The Hall–Kier alpha value is -0.600. The summed E-state index contributed by atoms with van der Waals surface area (Å²) in [6.07, 6.45) is 13.5. The van der Waals surface area contributed by atoms with Crippen molar-refractivity contribution in [3.05, 3.63) is 23.3 Å². The van der Waals surface area contributed by atoms with Gasteiger partial charge in [-0.05, 0) is 111 Å². The molecule has 2 heteroatoms. The van der Waals surface area contributed by atoms with Crippen molar-refractivity contribution in [1.82, 2.24) is 0 Å². The van der Waals surface area contributed by atoms with E-state index in [0.717, 1.165) is 32.1 Å². The maximum absolute atomic E-state index is 11.5. The van der Waals surface area contributed by atoms with Gasteiger partial charge in [0.25, 0.3) is 0 Å². The Labute approximate surface area is 198 Å². The van der Waals surface area contributed by atoms with Crippen LogP contribution in [0, 0.1) is 45.3 Å². The Morgan fingerprint density at radius 1 is 1.09 bits per heavy atom. The number of aliphatic hydroxyl groups is 2. The van der Waals surface area contributed by atoms with Crippen LogP contribution in [0.2, 0.25) is 0 Å². The van der Waals surface area contributed by atoms with Gasteiger partial charge < -0.3 is 10.2 Å². The van der Waals surface area contributed by atoms with Crippen LogP contribution in [0.4, 0.5) is 0 Å². The van der Waals surface area contributed by atoms with Crippen molar-refractivity contribution < 1.29 is 10.2 Å². The summed E-state index contributed by atoms with van der Waals surface area (Å²) >= 11 is 0. The van der Waals surface area contributed by atoms with E-state index in [9.17, 15) is 10.2 Å². The Morgan fingerprint density at radius 3 is 2.44 bits per heavy atom. The fraction of sp³-hybridized carbons (Fsp3) is 0.867. The Bertz CT molecular complexity index is 789. The molecule has 32 heavy (non-hydrogen) atoms. The molecule has 4 rings (SSSR count). The lowest BCUT2D eigenvalue weighted by molar-refractivity contribution is -0.131. The molecule has 3 saturated carbocycles. The van der Waals surface area contributed by atoms with Crippen LogP contribution in [-0.2, 0) is 0 Å². The second kappa shape index (κ2) is 7.98. The Kier molecular flexibility index (Phi) is 6.11. The zero-order valence-corrected chi connectivity index (χ0v) is 22.2. The Balaban J connectivity index is 1.66. The molecule has 2 N–H and O–H groups in total. The minimum absolute atomic E-state index is 0.0200. The largest absolute Gasteiger partial charge is 0.393 e. The molecule has 0 amide bonds. The molecule has 4 aliphatic rings. The van der Waals surface area contributed by atoms with Crippen LogP contribution in [0.3, 0.4) is 0 Å². The first-order chi connectivity index (χ1) is 14.8. The molecule has 0 saturated heterocycles. The highest BCUT2D eigenvalue weighted by atomic mass is 16.3. The van der Waals surface area contributed by atoms with Crippen molar-refractivity contribution in [2.24, 2.45) is 45.3 Å². The standard InChI is InChI=1S/C30H50O2/c1-19(2)10-9-11-20(3)26-23(31)18-30(8)22-12-13-24-27(4,5)25(32)15-16-28(24,6)21(22)14-17-29(26,30)7/h10,12,20-21,23-26,31-32H,9,11,13-18H2,1-8H3. The van der Waals surface area contributed by atoms with Crippen LogP contribution >= 0.6 is 0 Å². The van der Waals surface area contributed by atoms with Crippen LogP contribution in [0.1, 0.15) is 107 Å². The van der Waals surface area contributed by atoms with Crippen LogP contribution in [-0.4, -0.2) is 22.4 Å². The molecule has 0 radical (unpaired) electrons. The molecular weight excluding hydrogens is 392 g/mol. The predicted octanol–water partition coefficient (Wildman–Crippen LogP) is 7.31. The minimum atomic E-state index is -0.193. The summed E-state index contributed by atoms with van der Waals surface area (Å²) in [5, 5.41) is 22.3. The van der Waals surface area contributed by atoms with Crippen molar-refractivity contribution in [2.75, 3.05) is 0 Å². The van der Waals surface area contributed by atoms with Crippen LogP contribution in [0.15, 0.2) is 23.3 Å². The molecule has 0 bridgehead atoms. The second-order valence-corrected chi connectivity index (χ2v) is 13.8. The third kappa shape index (κ3) is 3.33. The van der Waals surface area contributed by atoms with Gasteiger partial charge in [-0.3, -0.25) is 0 Å². The molecule has 3 fully saturated rings. The SMILES string of the molecule is CC(C)=CCCC(C)C1C(O)CC2(C)C3=CCC4C(C)(C)C(O)CCC4(C)C3CCC12C. The number of allylic oxidation sites excluding steroid dienone is 4. The molecule has 0 spiro atoms. The van der Waals surface area contributed by atoms with Crippen LogP contribution < -0.4 is 0 Å². The molecule has 0 aromatic rings. The molecule has 4 aliphatic carbocycles. The number of fused-ring (bicyclic) bond motifs is 5. The topological polar surface area (TPSA) is 40.5 Å². The maximum atomic E-state index is 11.5. The van der Waals surface area contributed by atoms with Crippen LogP contribution in [0.5, 0.6) is 0 Å². The van der Waals surface area contributed by atoms with Gasteiger partial charge in [-0.25, -0.2) is 0 Å². The number of hydrogen-bond acceptors (Lipinski definition) is 2. The summed E-state index contributed by atoms with van der Waals surface area (Å²) < 4.78 is 0. The van der Waals surface area contributed by atoms with Gasteiger partial charge in [0.05, 0.1) is 12.2 Å². The van der Waals surface area contributed by atoms with E-state index in [2.05, 4.69) is 67.5 Å². The summed E-state index contributed by atoms with van der Waals surface area (Å²) in [6.45, 7) is 18.9. The van der Waals surface area contributed by atoms with E-state index in [1.807, 2.05) is 0 Å². The van der Waals surface area contributed by atoms with E-state index in [-0.39, 0.29) is 33.9 Å². The lowest BCUT2D eigenvalue weighted by Gasteiger charge is -2.64. The van der Waals surface area contributed by atoms with Crippen molar-refractivity contribution >= 4 is 0 Å². The minimum Gasteiger partial charge on any atom is -0.393 e. The van der Waals surface area contributed by atoms with Crippen LogP contribution in [0.25, 0.3) is 0 Å². The fourth-order valence-corrected chi connectivity index (χ4v) is 9.63. The number of hydrogen-bond donors (Lipinski definition) is 2. The quantitative estimate of drug-likeness (QED) is 0.448. The first-order valence-corrected chi connectivity index (χ1v) is 13.5. The summed E-state index contributed by atoms with van der Waals surface area (Å²) in [5.74, 6) is 2.08. The van der Waals surface area contributed by atoms with E-state index >= 15 is 0 Å². The van der Waals surface area contributed by atoms with E-state index in [1.54, 1.807) is 5.57 Å². The van der Waals surface area contributed by atoms with Crippen molar-refractivity contribution in [3.8, 4) is 0 Å². The molecule has 2 nitrogen and oxygen atoms in total. The zero-order chi connectivity index (χ0) is 23.7. The first kappa shape index (κ1) is 24.5. The van der Waals surface area contributed by atoms with E-state index < -0.39 is 0 Å². The molecular formula is C30H50O2. The highest BCUT2D eigenvalue weighted by molar-refractivity contribution is 5.34. The highest BCUT2D eigenvalue weighted by Gasteiger charge is 2.67. The van der Waals surface area contributed by atoms with Gasteiger partial charge in [-0.15, -0.1) is 0 Å². The smallest absolute Gasteiger partial charge is 0.0594 e.